The molecule has 0 amide bonds. The van der Waals surface area contributed by atoms with Crippen LogP contribution >= 0.6 is 35.0 Å². The Balaban J connectivity index is 2.37. The van der Waals surface area contributed by atoms with Crippen LogP contribution in [0, 0.1) is 0 Å². The summed E-state index contributed by atoms with van der Waals surface area (Å²) in [5.41, 5.74) is 0.473. The van der Waals surface area contributed by atoms with Crippen molar-refractivity contribution >= 4 is 35.0 Å². The van der Waals surface area contributed by atoms with Gasteiger partial charge in [0.25, 0.3) is 0 Å². The van der Waals surface area contributed by atoms with Gasteiger partial charge in [0.05, 0.1) is 11.6 Å². The van der Waals surface area contributed by atoms with Crippen LogP contribution in [0.25, 0.3) is 0 Å². The van der Waals surface area contributed by atoms with Gasteiger partial charge in [-0.3, -0.25) is 0 Å². The average Bonchev–Trinajstić information content (AvgIpc) is 2.32. The average molecular weight is 288 g/mol. The van der Waals surface area contributed by atoms with Crippen LogP contribution in [0.3, 0.4) is 0 Å². The Morgan fingerprint density at radius 1 is 1.18 bits per heavy atom. The van der Waals surface area contributed by atoms with E-state index in [0.717, 1.165) is 0 Å². The van der Waals surface area contributed by atoms with Gasteiger partial charge in [0.1, 0.15) is 21.5 Å². The zero-order valence-corrected chi connectivity index (χ0v) is 10.8. The highest BCUT2D eigenvalue weighted by atomic mass is 35.5. The van der Waals surface area contributed by atoms with Gasteiger partial charge in [-0.25, -0.2) is 15.0 Å². The molecule has 2 rings (SSSR count). The minimum absolute atomic E-state index is 0.230. The number of hydrogen-bond donors (Lipinski definition) is 1. The van der Waals surface area contributed by atoms with E-state index < -0.39 is 0 Å². The summed E-state index contributed by atoms with van der Waals surface area (Å²) in [6.45, 7) is -0.230. The van der Waals surface area contributed by atoms with E-state index in [0.29, 0.717) is 20.6 Å². The first-order valence-corrected chi connectivity index (χ1v) is 6.18. The van der Waals surface area contributed by atoms with Crippen molar-refractivity contribution < 1.29 is 5.11 Å². The minimum Gasteiger partial charge on any atom is -0.391 e. The van der Waals surface area contributed by atoms with E-state index in [1.165, 1.54) is 18.1 Å². The van der Waals surface area contributed by atoms with Crippen molar-refractivity contribution in [3.05, 3.63) is 40.4 Å². The Hall–Kier alpha value is -0.880. The van der Waals surface area contributed by atoms with Crippen molar-refractivity contribution in [2.45, 2.75) is 16.7 Å². The molecule has 0 aliphatic rings. The van der Waals surface area contributed by atoms with E-state index in [9.17, 15) is 5.11 Å². The van der Waals surface area contributed by atoms with E-state index in [4.69, 9.17) is 23.2 Å². The number of halogens is 2. The van der Waals surface area contributed by atoms with E-state index in [-0.39, 0.29) is 11.8 Å². The highest BCUT2D eigenvalue weighted by molar-refractivity contribution is 7.99. The topological polar surface area (TPSA) is 58.9 Å². The molecule has 0 fully saturated rings. The van der Waals surface area contributed by atoms with Gasteiger partial charge >= 0.3 is 0 Å². The smallest absolute Gasteiger partial charge is 0.139 e. The zero-order valence-electron chi connectivity index (χ0n) is 8.47. The van der Waals surface area contributed by atoms with Crippen LogP contribution in [0.4, 0.5) is 0 Å². The standard InChI is InChI=1S/C10H7Cl2N3OS/c11-7-2-1-3-13-10(7)17-9-6(4-16)8(12)14-5-15-9/h1-3,5,16H,4H2. The molecule has 0 aliphatic carbocycles. The molecule has 0 radical (unpaired) electrons. The lowest BCUT2D eigenvalue weighted by Crippen LogP contribution is -1.95. The third-order valence-corrected chi connectivity index (χ3v) is 3.74. The summed E-state index contributed by atoms with van der Waals surface area (Å²) in [6, 6.07) is 3.48. The van der Waals surface area contributed by atoms with Crippen molar-refractivity contribution in [2.75, 3.05) is 0 Å². The van der Waals surface area contributed by atoms with Gasteiger partial charge in [-0.05, 0) is 23.9 Å². The van der Waals surface area contributed by atoms with E-state index in [2.05, 4.69) is 15.0 Å². The van der Waals surface area contributed by atoms with Crippen molar-refractivity contribution in [3.8, 4) is 0 Å². The third kappa shape index (κ3) is 2.87. The van der Waals surface area contributed by atoms with E-state index in [1.807, 2.05) is 0 Å². The molecular formula is C10H7Cl2N3OS. The summed E-state index contributed by atoms with van der Waals surface area (Å²) < 4.78 is 0. The molecule has 17 heavy (non-hydrogen) atoms. The molecule has 0 aliphatic heterocycles. The second kappa shape index (κ2) is 5.64. The number of aromatic nitrogens is 3. The minimum atomic E-state index is -0.230. The van der Waals surface area contributed by atoms with Gasteiger partial charge < -0.3 is 5.11 Å². The first kappa shape index (κ1) is 12.6. The molecule has 0 aromatic carbocycles. The van der Waals surface area contributed by atoms with Crippen LogP contribution in [0.2, 0.25) is 10.2 Å². The molecule has 2 heterocycles. The summed E-state index contributed by atoms with van der Waals surface area (Å²) >= 11 is 13.1. The summed E-state index contributed by atoms with van der Waals surface area (Å²) in [7, 11) is 0. The van der Waals surface area contributed by atoms with Crippen LogP contribution in [-0.4, -0.2) is 20.1 Å². The lowest BCUT2D eigenvalue weighted by Gasteiger charge is -2.06. The van der Waals surface area contributed by atoms with Crippen LogP contribution in [0.5, 0.6) is 0 Å². The predicted octanol–water partition coefficient (Wildman–Crippen LogP) is 2.82. The lowest BCUT2D eigenvalue weighted by atomic mass is 10.4. The summed E-state index contributed by atoms with van der Waals surface area (Å²) in [6.07, 6.45) is 2.97. The van der Waals surface area contributed by atoms with Gasteiger partial charge in [0.15, 0.2) is 0 Å². The number of rotatable bonds is 3. The van der Waals surface area contributed by atoms with Crippen LogP contribution < -0.4 is 0 Å². The van der Waals surface area contributed by atoms with Crippen molar-refractivity contribution in [1.29, 1.82) is 0 Å². The summed E-state index contributed by atoms with van der Waals surface area (Å²) in [5.74, 6) is 0. The lowest BCUT2D eigenvalue weighted by molar-refractivity contribution is 0.277. The SMILES string of the molecule is OCc1c(Cl)ncnc1Sc1ncccc1Cl. The number of pyridine rings is 1. The highest BCUT2D eigenvalue weighted by Crippen LogP contribution is 2.33. The van der Waals surface area contributed by atoms with Gasteiger partial charge in [0, 0.05) is 11.8 Å². The molecule has 0 saturated heterocycles. The first-order chi connectivity index (χ1) is 8.22. The molecule has 88 valence electrons. The number of aliphatic hydroxyl groups is 1. The molecule has 2 aromatic heterocycles. The fraction of sp³-hybridized carbons (Fsp3) is 0.100. The second-order valence-electron chi connectivity index (χ2n) is 3.00. The van der Waals surface area contributed by atoms with Crippen LogP contribution in [0.1, 0.15) is 5.56 Å². The Morgan fingerprint density at radius 2 is 2.00 bits per heavy atom. The van der Waals surface area contributed by atoms with Gasteiger partial charge in [-0.2, -0.15) is 0 Å². The molecule has 7 heteroatoms. The monoisotopic (exact) mass is 287 g/mol. The third-order valence-electron chi connectivity index (χ3n) is 1.93. The molecular weight excluding hydrogens is 281 g/mol. The number of aliphatic hydroxyl groups excluding tert-OH is 1. The number of hydrogen-bond acceptors (Lipinski definition) is 5. The highest BCUT2D eigenvalue weighted by Gasteiger charge is 2.12. The fourth-order valence-corrected chi connectivity index (χ4v) is 2.47. The van der Waals surface area contributed by atoms with Crippen LogP contribution in [0.15, 0.2) is 34.7 Å². The van der Waals surface area contributed by atoms with Crippen molar-refractivity contribution in [3.63, 3.8) is 0 Å². The Labute approximate surface area is 112 Å². The number of nitrogens with zero attached hydrogens (tertiary/aromatic N) is 3. The molecule has 0 atom stereocenters. The molecule has 1 N–H and O–H groups in total. The molecule has 4 nitrogen and oxygen atoms in total. The van der Waals surface area contributed by atoms with Gasteiger partial charge in [0.2, 0.25) is 0 Å². The van der Waals surface area contributed by atoms with Crippen LogP contribution in [-0.2, 0) is 6.61 Å². The summed E-state index contributed by atoms with van der Waals surface area (Å²) in [5, 5.41) is 11.1. The van der Waals surface area contributed by atoms with Gasteiger partial charge in [-0.15, -0.1) is 0 Å². The Kier molecular flexibility index (Phi) is 4.17. The zero-order chi connectivity index (χ0) is 12.3. The largest absolute Gasteiger partial charge is 0.391 e. The maximum Gasteiger partial charge on any atom is 0.139 e. The fourth-order valence-electron chi connectivity index (χ4n) is 1.13. The quantitative estimate of drug-likeness (QED) is 0.880. The van der Waals surface area contributed by atoms with Crippen molar-refractivity contribution in [1.82, 2.24) is 15.0 Å². The maximum absolute atomic E-state index is 9.22. The normalized spacial score (nSPS) is 10.5. The molecule has 2 aromatic rings. The molecule has 0 unspecified atom stereocenters. The van der Waals surface area contributed by atoms with E-state index >= 15 is 0 Å². The predicted molar refractivity (Wildman–Crippen MR) is 66.3 cm³/mol. The maximum atomic E-state index is 9.22. The van der Waals surface area contributed by atoms with Gasteiger partial charge in [-0.1, -0.05) is 23.2 Å². The molecule has 0 bridgehead atoms. The molecule has 0 saturated carbocycles. The molecule has 0 spiro atoms. The van der Waals surface area contributed by atoms with Crippen molar-refractivity contribution in [2.24, 2.45) is 0 Å². The van der Waals surface area contributed by atoms with E-state index in [1.54, 1.807) is 18.3 Å². The first-order valence-electron chi connectivity index (χ1n) is 4.61. The summed E-state index contributed by atoms with van der Waals surface area (Å²) in [4.78, 5) is 12.0. The Morgan fingerprint density at radius 3 is 2.71 bits per heavy atom. The Bertz CT molecular complexity index is 539. The second-order valence-corrected chi connectivity index (χ2v) is 4.74.